The van der Waals surface area contributed by atoms with Crippen LogP contribution in [0.2, 0.25) is 0 Å². The van der Waals surface area contributed by atoms with Crippen LogP contribution < -0.4 is 10.6 Å². The monoisotopic (exact) mass is 355 g/mol. The highest BCUT2D eigenvalue weighted by atomic mass is 79.9. The van der Waals surface area contributed by atoms with Gasteiger partial charge in [-0.2, -0.15) is 10.5 Å². The third kappa shape index (κ3) is 3.75. The van der Waals surface area contributed by atoms with Gasteiger partial charge in [0.2, 0.25) is 12.2 Å². The third-order valence-electron chi connectivity index (χ3n) is 2.67. The molecule has 2 aromatic carbocycles. The van der Waals surface area contributed by atoms with Crippen molar-refractivity contribution in [3.63, 3.8) is 0 Å². The Bertz CT molecular complexity index is 804. The summed E-state index contributed by atoms with van der Waals surface area (Å²) < 4.78 is 0.798. The van der Waals surface area contributed by atoms with E-state index in [2.05, 4.69) is 31.6 Å². The number of hydrogen-bond donors (Lipinski definition) is 3. The minimum Gasteiger partial charge on any atom is -0.506 e. The summed E-state index contributed by atoms with van der Waals surface area (Å²) in [6, 6.07) is 13.7. The molecule has 0 atom stereocenters. The first kappa shape index (κ1) is 15.4. The second kappa shape index (κ2) is 7.11. The van der Waals surface area contributed by atoms with Crippen LogP contribution in [0.1, 0.15) is 5.56 Å². The molecule has 0 aliphatic rings. The molecule has 0 fully saturated rings. The van der Waals surface area contributed by atoms with Crippen LogP contribution in [-0.2, 0) is 0 Å². The molecule has 0 radical (unpaired) electrons. The molecule has 0 bridgehead atoms. The summed E-state index contributed by atoms with van der Waals surface area (Å²) in [6.07, 6.45) is 1.68. The molecule has 108 valence electrons. The molecule has 2 rings (SSSR count). The van der Waals surface area contributed by atoms with Gasteiger partial charge in [-0.15, -0.1) is 4.99 Å². The molecule has 22 heavy (non-hydrogen) atoms. The molecule has 0 aliphatic heterocycles. The number of anilines is 2. The van der Waals surface area contributed by atoms with Crippen molar-refractivity contribution in [2.45, 2.75) is 0 Å². The zero-order valence-electron chi connectivity index (χ0n) is 11.2. The zero-order valence-corrected chi connectivity index (χ0v) is 12.8. The minimum absolute atomic E-state index is 0.112. The molecule has 0 saturated carbocycles. The first-order valence-electron chi connectivity index (χ1n) is 6.12. The molecule has 6 nitrogen and oxygen atoms in total. The Kier molecular flexibility index (Phi) is 4.97. The van der Waals surface area contributed by atoms with Crippen LogP contribution >= 0.6 is 15.9 Å². The molecule has 0 aliphatic carbocycles. The van der Waals surface area contributed by atoms with Gasteiger partial charge in [-0.3, -0.25) is 0 Å². The van der Waals surface area contributed by atoms with Gasteiger partial charge in [0.05, 0.1) is 23.0 Å². The largest absolute Gasteiger partial charge is 0.506 e. The van der Waals surface area contributed by atoms with Crippen molar-refractivity contribution in [1.82, 2.24) is 0 Å². The average Bonchev–Trinajstić information content (AvgIpc) is 2.51. The summed E-state index contributed by atoms with van der Waals surface area (Å²) >= 11 is 3.38. The maximum Gasteiger partial charge on any atom is 0.216 e. The quantitative estimate of drug-likeness (QED) is 0.331. The van der Waals surface area contributed by atoms with Gasteiger partial charge in [0.1, 0.15) is 5.75 Å². The SMILES string of the molecule is N#C/N=C(\Nc1ccc(C#N)cc1O)Nc1ccccc1Br. The Morgan fingerprint density at radius 2 is 1.82 bits per heavy atom. The van der Waals surface area contributed by atoms with Gasteiger partial charge in [0.25, 0.3) is 0 Å². The Labute approximate surface area is 135 Å². The first-order chi connectivity index (χ1) is 10.6. The number of guanidine groups is 1. The number of hydrogen-bond acceptors (Lipinski definition) is 4. The maximum atomic E-state index is 9.87. The number of aromatic hydroxyl groups is 1. The van der Waals surface area contributed by atoms with Crippen LogP contribution in [0.3, 0.4) is 0 Å². The van der Waals surface area contributed by atoms with Gasteiger partial charge in [-0.05, 0) is 46.3 Å². The lowest BCUT2D eigenvalue weighted by atomic mass is 10.2. The van der Waals surface area contributed by atoms with Crippen molar-refractivity contribution >= 4 is 33.3 Å². The maximum absolute atomic E-state index is 9.87. The van der Waals surface area contributed by atoms with Gasteiger partial charge >= 0.3 is 0 Å². The Morgan fingerprint density at radius 1 is 1.09 bits per heavy atom. The Balaban J connectivity index is 2.24. The average molecular weight is 356 g/mol. The van der Waals surface area contributed by atoms with E-state index in [0.29, 0.717) is 16.9 Å². The van der Waals surface area contributed by atoms with Crippen LogP contribution in [0.25, 0.3) is 0 Å². The van der Waals surface area contributed by atoms with Gasteiger partial charge in [0.15, 0.2) is 0 Å². The fraction of sp³-hybridized carbons (Fsp3) is 0. The second-order valence-corrected chi connectivity index (χ2v) is 4.99. The molecule has 0 spiro atoms. The highest BCUT2D eigenvalue weighted by molar-refractivity contribution is 9.10. The predicted molar refractivity (Wildman–Crippen MR) is 87.3 cm³/mol. The van der Waals surface area contributed by atoms with Crippen molar-refractivity contribution in [3.05, 3.63) is 52.5 Å². The summed E-state index contributed by atoms with van der Waals surface area (Å²) in [5.41, 5.74) is 1.37. The molecule has 7 heteroatoms. The van der Waals surface area contributed by atoms with Crippen LogP contribution in [0.4, 0.5) is 11.4 Å². The predicted octanol–water partition coefficient (Wildman–Crippen LogP) is 3.39. The molecule has 0 heterocycles. The number of benzene rings is 2. The lowest BCUT2D eigenvalue weighted by Gasteiger charge is -2.13. The Morgan fingerprint density at radius 3 is 2.45 bits per heavy atom. The van der Waals surface area contributed by atoms with E-state index in [-0.39, 0.29) is 11.7 Å². The topological polar surface area (TPSA) is 104 Å². The molecule has 2 aromatic rings. The normalized spacial score (nSPS) is 10.4. The molecular weight excluding hydrogens is 346 g/mol. The van der Waals surface area contributed by atoms with Crippen molar-refractivity contribution in [2.75, 3.05) is 10.6 Å². The van der Waals surface area contributed by atoms with E-state index in [1.54, 1.807) is 18.3 Å². The summed E-state index contributed by atoms with van der Waals surface area (Å²) in [4.78, 5) is 3.64. The van der Waals surface area contributed by atoms with E-state index < -0.39 is 0 Å². The first-order valence-corrected chi connectivity index (χ1v) is 6.92. The van der Waals surface area contributed by atoms with Crippen LogP contribution in [0, 0.1) is 22.8 Å². The molecule has 3 N–H and O–H groups in total. The van der Waals surface area contributed by atoms with Gasteiger partial charge in [-0.25, -0.2) is 0 Å². The molecule has 0 aromatic heterocycles. The highest BCUT2D eigenvalue weighted by Gasteiger charge is 2.08. The molecular formula is C15H10BrN5O. The summed E-state index contributed by atoms with van der Waals surface area (Å²) in [5.74, 6) is 0.0352. The van der Waals surface area contributed by atoms with Crippen molar-refractivity contribution < 1.29 is 5.11 Å². The van der Waals surface area contributed by atoms with Crippen LogP contribution in [0.5, 0.6) is 5.75 Å². The van der Waals surface area contributed by atoms with Gasteiger partial charge in [-0.1, -0.05) is 12.1 Å². The van der Waals surface area contributed by atoms with E-state index in [0.717, 1.165) is 4.47 Å². The van der Waals surface area contributed by atoms with Crippen molar-refractivity contribution in [2.24, 2.45) is 4.99 Å². The van der Waals surface area contributed by atoms with E-state index in [9.17, 15) is 5.11 Å². The van der Waals surface area contributed by atoms with Gasteiger partial charge in [0, 0.05) is 4.47 Å². The number of rotatable bonds is 2. The number of nitriles is 2. The van der Waals surface area contributed by atoms with E-state index in [1.807, 2.05) is 24.3 Å². The minimum atomic E-state index is -0.112. The van der Waals surface area contributed by atoms with Crippen molar-refractivity contribution in [1.29, 1.82) is 10.5 Å². The smallest absolute Gasteiger partial charge is 0.216 e. The van der Waals surface area contributed by atoms with Crippen LogP contribution in [-0.4, -0.2) is 11.1 Å². The third-order valence-corrected chi connectivity index (χ3v) is 3.36. The molecule has 0 amide bonds. The standard InChI is InChI=1S/C15H10BrN5O/c16-11-3-1-2-4-12(11)20-15(19-9-18)21-13-6-5-10(8-17)7-14(13)22/h1-7,22H,(H2,19,20,21). The van der Waals surface area contributed by atoms with E-state index in [1.165, 1.54) is 12.1 Å². The molecule has 0 saturated heterocycles. The van der Waals surface area contributed by atoms with Crippen molar-refractivity contribution in [3.8, 4) is 18.0 Å². The number of aliphatic imine (C=N–C) groups is 1. The molecule has 0 unspecified atom stereocenters. The highest BCUT2D eigenvalue weighted by Crippen LogP contribution is 2.25. The number of halogens is 1. The second-order valence-electron chi connectivity index (χ2n) is 4.13. The number of nitrogens with one attached hydrogen (secondary N) is 2. The lowest BCUT2D eigenvalue weighted by Crippen LogP contribution is -2.22. The Hall–Kier alpha value is -3.03. The number of phenolic OH excluding ortho intramolecular Hbond substituents is 1. The fourth-order valence-corrected chi connectivity index (χ4v) is 2.05. The van der Waals surface area contributed by atoms with E-state index >= 15 is 0 Å². The number of nitrogens with zero attached hydrogens (tertiary/aromatic N) is 3. The summed E-state index contributed by atoms with van der Waals surface area (Å²) in [7, 11) is 0. The van der Waals surface area contributed by atoms with Gasteiger partial charge < -0.3 is 15.7 Å². The van der Waals surface area contributed by atoms with Crippen LogP contribution in [0.15, 0.2) is 51.9 Å². The van der Waals surface area contributed by atoms with E-state index in [4.69, 9.17) is 10.5 Å². The lowest BCUT2D eigenvalue weighted by molar-refractivity contribution is 0.477. The number of para-hydroxylation sites is 1. The fourth-order valence-electron chi connectivity index (χ4n) is 1.66. The summed E-state index contributed by atoms with van der Waals surface area (Å²) in [5, 5.41) is 33.2. The zero-order chi connectivity index (χ0) is 15.9. The summed E-state index contributed by atoms with van der Waals surface area (Å²) in [6.45, 7) is 0. The number of phenols is 1.